The normalized spacial score (nSPS) is 11.3. The third kappa shape index (κ3) is 5.61. The summed E-state index contributed by atoms with van der Waals surface area (Å²) in [5.74, 6) is -1.15. The molecular weight excluding hydrogens is 390 g/mol. The Morgan fingerprint density at radius 1 is 1.04 bits per heavy atom. The lowest BCUT2D eigenvalue weighted by Gasteiger charge is -2.14. The van der Waals surface area contributed by atoms with Crippen LogP contribution in [0.15, 0.2) is 53.0 Å². The highest BCUT2D eigenvalue weighted by Gasteiger charge is 2.19. The van der Waals surface area contributed by atoms with Crippen molar-refractivity contribution in [2.24, 2.45) is 5.73 Å². The summed E-state index contributed by atoms with van der Waals surface area (Å²) < 4.78 is 5.97. The summed E-state index contributed by atoms with van der Waals surface area (Å²) in [5.41, 5.74) is 6.15. The van der Waals surface area contributed by atoms with Crippen molar-refractivity contribution in [1.29, 1.82) is 0 Å². The Labute approximate surface area is 152 Å². The number of nitrogens with one attached hydrogen (secondary N) is 2. The monoisotopic (exact) mass is 405 g/mol. The SMILES string of the molecule is C[C@@H](OC(=O)c1cccc(NC(N)=O)c1)C(=O)Nc1cccc(Br)c1. The molecule has 130 valence electrons. The molecule has 0 bridgehead atoms. The number of amides is 3. The number of nitrogens with two attached hydrogens (primary N) is 1. The number of esters is 1. The van der Waals surface area contributed by atoms with Gasteiger partial charge in [-0.2, -0.15) is 0 Å². The summed E-state index contributed by atoms with van der Waals surface area (Å²) in [6, 6.07) is 12.4. The van der Waals surface area contributed by atoms with E-state index in [1.165, 1.54) is 19.1 Å². The topological polar surface area (TPSA) is 111 Å². The predicted octanol–water partition coefficient (Wildman–Crippen LogP) is 3.12. The van der Waals surface area contributed by atoms with E-state index in [4.69, 9.17) is 10.5 Å². The van der Waals surface area contributed by atoms with E-state index in [9.17, 15) is 14.4 Å². The molecular formula is C17H16BrN3O4. The molecule has 0 radical (unpaired) electrons. The van der Waals surface area contributed by atoms with Crippen molar-refractivity contribution >= 4 is 45.2 Å². The van der Waals surface area contributed by atoms with Gasteiger partial charge in [0.15, 0.2) is 6.10 Å². The molecule has 0 saturated heterocycles. The summed E-state index contributed by atoms with van der Waals surface area (Å²) in [5, 5.41) is 5.02. The predicted molar refractivity (Wildman–Crippen MR) is 97.3 cm³/mol. The first-order chi connectivity index (χ1) is 11.8. The van der Waals surface area contributed by atoms with E-state index in [0.29, 0.717) is 11.4 Å². The van der Waals surface area contributed by atoms with Gasteiger partial charge in [-0.15, -0.1) is 0 Å². The third-order valence-corrected chi connectivity index (χ3v) is 3.60. The van der Waals surface area contributed by atoms with Gasteiger partial charge in [0.2, 0.25) is 0 Å². The van der Waals surface area contributed by atoms with Crippen LogP contribution < -0.4 is 16.4 Å². The quantitative estimate of drug-likeness (QED) is 0.663. The van der Waals surface area contributed by atoms with Crippen LogP contribution in [0.25, 0.3) is 0 Å². The van der Waals surface area contributed by atoms with Crippen molar-refractivity contribution in [3.63, 3.8) is 0 Å². The fraction of sp³-hybridized carbons (Fsp3) is 0.118. The summed E-state index contributed by atoms with van der Waals surface area (Å²) in [7, 11) is 0. The molecule has 0 aromatic heterocycles. The van der Waals surface area contributed by atoms with Gasteiger partial charge in [-0.3, -0.25) is 4.79 Å². The molecule has 0 heterocycles. The Morgan fingerprint density at radius 3 is 2.32 bits per heavy atom. The van der Waals surface area contributed by atoms with Crippen LogP contribution >= 0.6 is 15.9 Å². The molecule has 3 amide bonds. The standard InChI is InChI=1S/C17H16BrN3O4/c1-10(15(22)20-14-7-3-5-12(18)9-14)25-16(23)11-4-2-6-13(8-11)21-17(19)24/h2-10H,1H3,(H,20,22)(H3,19,21,24)/t10-/m1/s1. The fourth-order valence-corrected chi connectivity index (χ4v) is 2.36. The number of benzene rings is 2. The Hall–Kier alpha value is -2.87. The zero-order valence-corrected chi connectivity index (χ0v) is 14.9. The number of urea groups is 1. The Kier molecular flexibility index (Phi) is 6.13. The summed E-state index contributed by atoms with van der Waals surface area (Å²) >= 11 is 3.31. The largest absolute Gasteiger partial charge is 0.449 e. The average Bonchev–Trinajstić information content (AvgIpc) is 2.54. The summed E-state index contributed by atoms with van der Waals surface area (Å²) in [6.07, 6.45) is -1.00. The third-order valence-electron chi connectivity index (χ3n) is 3.11. The lowest BCUT2D eigenvalue weighted by atomic mass is 10.2. The molecule has 2 rings (SSSR count). The van der Waals surface area contributed by atoms with Crippen molar-refractivity contribution in [3.8, 4) is 0 Å². The minimum absolute atomic E-state index is 0.188. The second kappa shape index (κ2) is 8.29. The average molecular weight is 406 g/mol. The molecule has 25 heavy (non-hydrogen) atoms. The molecule has 8 heteroatoms. The van der Waals surface area contributed by atoms with E-state index in [1.807, 2.05) is 6.07 Å². The minimum atomic E-state index is -1.00. The van der Waals surface area contributed by atoms with Crippen molar-refractivity contribution in [2.75, 3.05) is 10.6 Å². The molecule has 0 aliphatic heterocycles. The molecule has 2 aromatic rings. The Balaban J connectivity index is 1.99. The minimum Gasteiger partial charge on any atom is -0.449 e. The van der Waals surface area contributed by atoms with E-state index in [1.54, 1.807) is 30.3 Å². The number of halogens is 1. The van der Waals surface area contributed by atoms with Crippen LogP contribution in [0.3, 0.4) is 0 Å². The zero-order valence-electron chi connectivity index (χ0n) is 13.3. The second-order valence-electron chi connectivity index (χ2n) is 5.12. The highest BCUT2D eigenvalue weighted by molar-refractivity contribution is 9.10. The molecule has 4 N–H and O–H groups in total. The summed E-state index contributed by atoms with van der Waals surface area (Å²) in [4.78, 5) is 35.1. The van der Waals surface area contributed by atoms with Crippen LogP contribution in [0.2, 0.25) is 0 Å². The van der Waals surface area contributed by atoms with Crippen molar-refractivity contribution in [3.05, 3.63) is 58.6 Å². The van der Waals surface area contributed by atoms with Gasteiger partial charge in [-0.25, -0.2) is 9.59 Å². The fourth-order valence-electron chi connectivity index (χ4n) is 1.96. The maximum absolute atomic E-state index is 12.2. The maximum atomic E-state index is 12.2. The van der Waals surface area contributed by atoms with Gasteiger partial charge in [0.25, 0.3) is 5.91 Å². The molecule has 0 unspecified atom stereocenters. The molecule has 0 saturated carbocycles. The molecule has 0 spiro atoms. The van der Waals surface area contributed by atoms with Crippen LogP contribution in [0.1, 0.15) is 17.3 Å². The number of ether oxygens (including phenoxy) is 1. The van der Waals surface area contributed by atoms with Crippen LogP contribution in [0, 0.1) is 0 Å². The van der Waals surface area contributed by atoms with Crippen molar-refractivity contribution < 1.29 is 19.1 Å². The molecule has 1 atom stereocenters. The van der Waals surface area contributed by atoms with Crippen molar-refractivity contribution in [2.45, 2.75) is 13.0 Å². The smallest absolute Gasteiger partial charge is 0.338 e. The molecule has 0 aliphatic carbocycles. The van der Waals surface area contributed by atoms with Gasteiger partial charge in [-0.1, -0.05) is 28.1 Å². The number of carbonyl (C=O) groups excluding carboxylic acids is 3. The number of hydrogen-bond acceptors (Lipinski definition) is 4. The van der Waals surface area contributed by atoms with Gasteiger partial charge in [-0.05, 0) is 43.3 Å². The maximum Gasteiger partial charge on any atom is 0.338 e. The van der Waals surface area contributed by atoms with E-state index < -0.39 is 24.0 Å². The number of primary amides is 1. The van der Waals surface area contributed by atoms with Gasteiger partial charge in [0.05, 0.1) is 5.56 Å². The van der Waals surface area contributed by atoms with E-state index in [0.717, 1.165) is 4.47 Å². The first kappa shape index (κ1) is 18.5. The van der Waals surface area contributed by atoms with Gasteiger partial charge in [0, 0.05) is 15.8 Å². The van der Waals surface area contributed by atoms with Crippen molar-refractivity contribution in [1.82, 2.24) is 0 Å². The Morgan fingerprint density at radius 2 is 1.68 bits per heavy atom. The molecule has 2 aromatic carbocycles. The van der Waals surface area contributed by atoms with E-state index >= 15 is 0 Å². The number of carbonyl (C=O) groups is 3. The van der Waals surface area contributed by atoms with Gasteiger partial charge < -0.3 is 21.1 Å². The number of anilines is 2. The van der Waals surface area contributed by atoms with Crippen LogP contribution in [-0.4, -0.2) is 24.0 Å². The van der Waals surface area contributed by atoms with Crippen LogP contribution in [-0.2, 0) is 9.53 Å². The van der Waals surface area contributed by atoms with Crippen LogP contribution in [0.5, 0.6) is 0 Å². The summed E-state index contributed by atoms with van der Waals surface area (Å²) in [6.45, 7) is 1.47. The first-order valence-electron chi connectivity index (χ1n) is 7.29. The van der Waals surface area contributed by atoms with E-state index in [2.05, 4.69) is 26.6 Å². The van der Waals surface area contributed by atoms with Crippen LogP contribution in [0.4, 0.5) is 16.2 Å². The lowest BCUT2D eigenvalue weighted by molar-refractivity contribution is -0.123. The van der Waals surface area contributed by atoms with E-state index in [-0.39, 0.29) is 5.56 Å². The molecule has 0 fully saturated rings. The highest BCUT2D eigenvalue weighted by atomic mass is 79.9. The molecule has 0 aliphatic rings. The van der Waals surface area contributed by atoms with Gasteiger partial charge >= 0.3 is 12.0 Å². The highest BCUT2D eigenvalue weighted by Crippen LogP contribution is 2.17. The molecule has 7 nitrogen and oxygen atoms in total. The van der Waals surface area contributed by atoms with Gasteiger partial charge in [0.1, 0.15) is 0 Å². The number of hydrogen-bond donors (Lipinski definition) is 3. The lowest BCUT2D eigenvalue weighted by Crippen LogP contribution is -2.30. The number of rotatable bonds is 5. The first-order valence-corrected chi connectivity index (χ1v) is 8.08. The Bertz CT molecular complexity index is 810. The second-order valence-corrected chi connectivity index (χ2v) is 6.03. The zero-order chi connectivity index (χ0) is 18.4.